The average Bonchev–Trinajstić information content (AvgIpc) is 3.25. The highest BCUT2D eigenvalue weighted by atomic mass is 16.7. The molecule has 352 valence electrons. The number of ether oxygens (including phenoxy) is 6. The Balaban J connectivity index is 1.88. The SMILES string of the molecule is CC/C=C/C=C/C=C/CCCCCCCC(=O)OC(COC(=O)CCCCCCC/C=C/CCCCC)CO[C@@H]1O[C@H](CO[C@@H]2O[C@H](CO)[C@H](O)C(O)C2O)[C@H](O)C(O)C1O. The van der Waals surface area contributed by atoms with Crippen molar-refractivity contribution in [3.05, 3.63) is 48.6 Å². The zero-order valence-electron chi connectivity index (χ0n) is 36.6. The number of hydrogen-bond donors (Lipinski definition) is 7. The van der Waals surface area contributed by atoms with E-state index in [1.165, 1.54) is 19.3 Å². The molecule has 0 spiro atoms. The molecule has 61 heavy (non-hydrogen) atoms. The Bertz CT molecular complexity index is 1260. The number of carbonyl (C=O) groups excluding carboxylic acids is 2. The van der Waals surface area contributed by atoms with E-state index in [-0.39, 0.29) is 19.4 Å². The van der Waals surface area contributed by atoms with Crippen LogP contribution in [0, 0.1) is 0 Å². The molecule has 2 rings (SSSR count). The molecule has 15 nitrogen and oxygen atoms in total. The van der Waals surface area contributed by atoms with E-state index < -0.39 is 99.3 Å². The number of rotatable bonds is 33. The maximum absolute atomic E-state index is 12.9. The quantitative estimate of drug-likeness (QED) is 0.0204. The fraction of sp³-hybridized carbons (Fsp3) is 0.783. The summed E-state index contributed by atoms with van der Waals surface area (Å²) in [7, 11) is 0. The first kappa shape index (κ1) is 54.6. The predicted molar refractivity (Wildman–Crippen MR) is 229 cm³/mol. The second-order valence-electron chi connectivity index (χ2n) is 15.9. The highest BCUT2D eigenvalue weighted by Crippen LogP contribution is 2.26. The van der Waals surface area contributed by atoms with Crippen molar-refractivity contribution in [1.82, 2.24) is 0 Å². The van der Waals surface area contributed by atoms with E-state index in [1.54, 1.807) is 0 Å². The van der Waals surface area contributed by atoms with Gasteiger partial charge in [0, 0.05) is 12.8 Å². The molecule has 0 aromatic rings. The van der Waals surface area contributed by atoms with Crippen molar-refractivity contribution in [2.24, 2.45) is 0 Å². The molecule has 0 radical (unpaired) electrons. The molecule has 0 aromatic heterocycles. The van der Waals surface area contributed by atoms with Gasteiger partial charge in [0.05, 0.1) is 19.8 Å². The van der Waals surface area contributed by atoms with Gasteiger partial charge in [0.15, 0.2) is 18.7 Å². The van der Waals surface area contributed by atoms with Gasteiger partial charge < -0.3 is 64.2 Å². The fourth-order valence-electron chi connectivity index (χ4n) is 6.80. The Morgan fingerprint density at radius 1 is 0.541 bits per heavy atom. The molecule has 15 heteroatoms. The minimum absolute atomic E-state index is 0.139. The van der Waals surface area contributed by atoms with Crippen LogP contribution >= 0.6 is 0 Å². The summed E-state index contributed by atoms with van der Waals surface area (Å²) < 4.78 is 33.4. The van der Waals surface area contributed by atoms with Crippen molar-refractivity contribution in [1.29, 1.82) is 0 Å². The first-order valence-corrected chi connectivity index (χ1v) is 22.8. The number of esters is 2. The highest BCUT2D eigenvalue weighted by molar-refractivity contribution is 5.70. The monoisotopic (exact) mass is 871 g/mol. The van der Waals surface area contributed by atoms with Crippen molar-refractivity contribution < 1.29 is 73.8 Å². The normalized spacial score (nSPS) is 27.8. The lowest BCUT2D eigenvalue weighted by Gasteiger charge is -2.42. The molecule has 0 bridgehead atoms. The third-order valence-electron chi connectivity index (χ3n) is 10.6. The van der Waals surface area contributed by atoms with Gasteiger partial charge in [-0.1, -0.05) is 114 Å². The minimum Gasteiger partial charge on any atom is -0.462 e. The summed E-state index contributed by atoms with van der Waals surface area (Å²) in [5.41, 5.74) is 0. The summed E-state index contributed by atoms with van der Waals surface area (Å²) in [5.74, 6) is -0.966. The molecular formula is C46H78O15. The Labute approximate surface area is 363 Å². The number of allylic oxidation sites excluding steroid dienone is 8. The molecule has 7 N–H and O–H groups in total. The summed E-state index contributed by atoms with van der Waals surface area (Å²) in [4.78, 5) is 25.6. The van der Waals surface area contributed by atoms with Crippen molar-refractivity contribution in [3.63, 3.8) is 0 Å². The number of carbonyl (C=O) groups is 2. The summed E-state index contributed by atoms with van der Waals surface area (Å²) in [5, 5.41) is 71.8. The largest absolute Gasteiger partial charge is 0.462 e. The molecule has 0 aliphatic carbocycles. The predicted octanol–water partition coefficient (Wildman–Crippen LogP) is 4.76. The lowest BCUT2D eigenvalue weighted by atomic mass is 9.98. The Morgan fingerprint density at radius 2 is 1.05 bits per heavy atom. The standard InChI is InChI=1S/C46H78O15/c1-3-5-7-9-11-13-15-17-19-21-23-25-27-29-38(49)59-34(31-56-37(48)28-26-24-22-20-18-16-14-12-10-8-6-4-2)32-57-45-44(55)42(53)40(51)36(61-45)33-58-46-43(54)41(52)39(50)35(30-47)60-46/h5,7,9,11-15,34-36,39-47,50-55H,3-4,6,8,10,16-33H2,1-2H3/b7-5+,11-9+,14-12+,15-13+/t34?,35-,36-,39+,40+,41?,42?,43?,44?,45-,46-/m1/s1. The van der Waals surface area contributed by atoms with Crippen LogP contribution in [0.2, 0.25) is 0 Å². The summed E-state index contributed by atoms with van der Waals surface area (Å²) in [6.45, 7) is 2.36. The fourth-order valence-corrected chi connectivity index (χ4v) is 6.80. The van der Waals surface area contributed by atoms with Gasteiger partial charge in [-0.2, -0.15) is 0 Å². The topological polar surface area (TPSA) is 231 Å². The molecule has 2 aliphatic rings. The van der Waals surface area contributed by atoms with E-state index >= 15 is 0 Å². The second-order valence-corrected chi connectivity index (χ2v) is 15.9. The van der Waals surface area contributed by atoms with Crippen LogP contribution in [0.1, 0.15) is 136 Å². The lowest BCUT2D eigenvalue weighted by Crippen LogP contribution is -2.61. The van der Waals surface area contributed by atoms with Gasteiger partial charge in [-0.05, 0) is 57.8 Å². The number of unbranched alkanes of at least 4 members (excludes halogenated alkanes) is 13. The van der Waals surface area contributed by atoms with E-state index in [9.17, 15) is 45.3 Å². The summed E-state index contributed by atoms with van der Waals surface area (Å²) in [6.07, 6.45) is 17.3. The van der Waals surface area contributed by atoms with E-state index in [0.29, 0.717) is 12.8 Å². The summed E-state index contributed by atoms with van der Waals surface area (Å²) >= 11 is 0. The van der Waals surface area contributed by atoms with Crippen LogP contribution in [0.15, 0.2) is 48.6 Å². The van der Waals surface area contributed by atoms with Crippen molar-refractivity contribution in [2.45, 2.75) is 203 Å². The van der Waals surface area contributed by atoms with E-state index in [1.807, 2.05) is 24.3 Å². The van der Waals surface area contributed by atoms with Gasteiger partial charge in [0.25, 0.3) is 0 Å². The third-order valence-corrected chi connectivity index (χ3v) is 10.6. The van der Waals surface area contributed by atoms with Gasteiger partial charge in [0.2, 0.25) is 0 Å². The molecule has 0 aromatic carbocycles. The first-order valence-electron chi connectivity index (χ1n) is 22.8. The molecule has 11 atom stereocenters. The maximum Gasteiger partial charge on any atom is 0.306 e. The van der Waals surface area contributed by atoms with Crippen LogP contribution in [-0.2, 0) is 38.0 Å². The van der Waals surface area contributed by atoms with E-state index in [2.05, 4.69) is 38.2 Å². The van der Waals surface area contributed by atoms with Gasteiger partial charge >= 0.3 is 11.9 Å². The zero-order valence-corrected chi connectivity index (χ0v) is 36.6. The first-order chi connectivity index (χ1) is 29.5. The molecule has 0 amide bonds. The Kier molecular flexibility index (Phi) is 30.4. The number of aliphatic hydroxyl groups excluding tert-OH is 7. The Morgan fingerprint density at radius 3 is 1.66 bits per heavy atom. The van der Waals surface area contributed by atoms with Crippen LogP contribution in [0.25, 0.3) is 0 Å². The van der Waals surface area contributed by atoms with Gasteiger partial charge in [-0.15, -0.1) is 0 Å². The van der Waals surface area contributed by atoms with Crippen LogP contribution in [-0.4, -0.2) is 142 Å². The molecule has 5 unspecified atom stereocenters. The van der Waals surface area contributed by atoms with Crippen molar-refractivity contribution in [2.75, 3.05) is 26.4 Å². The van der Waals surface area contributed by atoms with Crippen LogP contribution in [0.4, 0.5) is 0 Å². The maximum atomic E-state index is 12.9. The van der Waals surface area contributed by atoms with Crippen LogP contribution in [0.5, 0.6) is 0 Å². The average molecular weight is 871 g/mol. The summed E-state index contributed by atoms with van der Waals surface area (Å²) in [6, 6.07) is 0. The van der Waals surface area contributed by atoms with Gasteiger partial charge in [0.1, 0.15) is 55.4 Å². The van der Waals surface area contributed by atoms with Crippen molar-refractivity contribution in [3.8, 4) is 0 Å². The number of hydrogen-bond acceptors (Lipinski definition) is 15. The Hall–Kier alpha value is -2.54. The smallest absolute Gasteiger partial charge is 0.306 e. The van der Waals surface area contributed by atoms with Crippen LogP contribution in [0.3, 0.4) is 0 Å². The molecule has 2 fully saturated rings. The van der Waals surface area contributed by atoms with E-state index in [4.69, 9.17) is 28.4 Å². The minimum atomic E-state index is -1.77. The number of aliphatic hydroxyl groups is 7. The zero-order chi connectivity index (χ0) is 44.7. The molecule has 2 saturated heterocycles. The van der Waals surface area contributed by atoms with Gasteiger partial charge in [-0.3, -0.25) is 9.59 Å². The third kappa shape index (κ3) is 23.1. The highest BCUT2D eigenvalue weighted by Gasteiger charge is 2.47. The van der Waals surface area contributed by atoms with Crippen LogP contribution < -0.4 is 0 Å². The second kappa shape index (κ2) is 33.9. The molecule has 2 aliphatic heterocycles. The van der Waals surface area contributed by atoms with Gasteiger partial charge in [-0.25, -0.2) is 0 Å². The van der Waals surface area contributed by atoms with E-state index in [0.717, 1.165) is 77.0 Å². The van der Waals surface area contributed by atoms with Crippen molar-refractivity contribution >= 4 is 11.9 Å². The molecule has 0 saturated carbocycles. The lowest BCUT2D eigenvalue weighted by molar-refractivity contribution is -0.332. The molecular weight excluding hydrogens is 792 g/mol. The molecule has 2 heterocycles.